The Morgan fingerprint density at radius 2 is 1.85 bits per heavy atom. The Kier molecular flexibility index (Phi) is 3.49. The summed E-state index contributed by atoms with van der Waals surface area (Å²) < 4.78 is 5.40. The van der Waals surface area contributed by atoms with Crippen molar-refractivity contribution in [3.63, 3.8) is 0 Å². The van der Waals surface area contributed by atoms with Crippen molar-refractivity contribution < 1.29 is 9.84 Å². The van der Waals surface area contributed by atoms with Crippen molar-refractivity contribution in [2.75, 3.05) is 7.11 Å². The largest absolute Gasteiger partial charge is 0.496 e. The van der Waals surface area contributed by atoms with Crippen molar-refractivity contribution in [2.45, 2.75) is 31.8 Å². The molecule has 0 saturated heterocycles. The standard InChI is InChI=1S/C18H20O2/c1-12-7-10-17(20-2)16(11-12)18(19)15-6-4-3-5-14(15)13-8-9-13/h3-7,10-11,13,18-19H,8-9H2,1-2H3. The molecule has 2 aromatic rings. The molecule has 1 fully saturated rings. The molecule has 0 heterocycles. The van der Waals surface area contributed by atoms with E-state index >= 15 is 0 Å². The van der Waals surface area contributed by atoms with Gasteiger partial charge in [0, 0.05) is 5.56 Å². The average molecular weight is 268 g/mol. The number of methoxy groups -OCH3 is 1. The highest BCUT2D eigenvalue weighted by atomic mass is 16.5. The lowest BCUT2D eigenvalue weighted by Gasteiger charge is -2.18. The first-order valence-electron chi connectivity index (χ1n) is 7.12. The quantitative estimate of drug-likeness (QED) is 0.909. The molecule has 0 spiro atoms. The van der Waals surface area contributed by atoms with Gasteiger partial charge in [-0.25, -0.2) is 0 Å². The van der Waals surface area contributed by atoms with Crippen LogP contribution < -0.4 is 4.74 Å². The van der Waals surface area contributed by atoms with Crippen molar-refractivity contribution in [3.05, 3.63) is 64.7 Å². The van der Waals surface area contributed by atoms with Crippen LogP contribution >= 0.6 is 0 Å². The molecule has 0 aliphatic heterocycles. The SMILES string of the molecule is COc1ccc(C)cc1C(O)c1ccccc1C1CC1. The monoisotopic (exact) mass is 268 g/mol. The first-order chi connectivity index (χ1) is 9.70. The third-order valence-electron chi connectivity index (χ3n) is 3.99. The van der Waals surface area contributed by atoms with E-state index < -0.39 is 6.10 Å². The molecule has 20 heavy (non-hydrogen) atoms. The van der Waals surface area contributed by atoms with Gasteiger partial charge in [-0.3, -0.25) is 0 Å². The number of rotatable bonds is 4. The highest BCUT2D eigenvalue weighted by Gasteiger charge is 2.28. The van der Waals surface area contributed by atoms with Gasteiger partial charge in [-0.05, 0) is 48.9 Å². The van der Waals surface area contributed by atoms with Gasteiger partial charge in [0.05, 0.1) is 7.11 Å². The van der Waals surface area contributed by atoms with Crippen LogP contribution in [0.4, 0.5) is 0 Å². The van der Waals surface area contributed by atoms with Crippen LogP contribution in [-0.2, 0) is 0 Å². The maximum atomic E-state index is 10.8. The fourth-order valence-electron chi connectivity index (χ4n) is 2.76. The molecule has 104 valence electrons. The molecular formula is C18H20O2. The van der Waals surface area contributed by atoms with Gasteiger partial charge in [0.25, 0.3) is 0 Å². The Hall–Kier alpha value is -1.80. The minimum Gasteiger partial charge on any atom is -0.496 e. The number of aliphatic hydroxyl groups is 1. The second-order valence-electron chi connectivity index (χ2n) is 5.55. The smallest absolute Gasteiger partial charge is 0.125 e. The lowest BCUT2D eigenvalue weighted by molar-refractivity contribution is 0.213. The van der Waals surface area contributed by atoms with E-state index in [-0.39, 0.29) is 0 Å². The predicted octanol–water partition coefficient (Wildman–Crippen LogP) is 3.96. The number of aryl methyl sites for hydroxylation is 1. The van der Waals surface area contributed by atoms with E-state index in [1.165, 1.54) is 18.4 Å². The summed E-state index contributed by atoms with van der Waals surface area (Å²) in [6.07, 6.45) is 1.84. The maximum absolute atomic E-state index is 10.8. The molecular weight excluding hydrogens is 248 g/mol. The van der Waals surface area contributed by atoms with Gasteiger partial charge in [-0.2, -0.15) is 0 Å². The molecule has 3 rings (SSSR count). The molecule has 0 aromatic heterocycles. The molecule has 1 atom stereocenters. The van der Waals surface area contributed by atoms with Gasteiger partial charge < -0.3 is 9.84 Å². The van der Waals surface area contributed by atoms with Crippen molar-refractivity contribution in [1.29, 1.82) is 0 Å². The third kappa shape index (κ3) is 2.44. The first kappa shape index (κ1) is 13.2. The molecule has 1 aliphatic carbocycles. The van der Waals surface area contributed by atoms with Crippen LogP contribution in [0.3, 0.4) is 0 Å². The summed E-state index contributed by atoms with van der Waals surface area (Å²) in [4.78, 5) is 0. The molecule has 2 heteroatoms. The predicted molar refractivity (Wildman–Crippen MR) is 80.2 cm³/mol. The Morgan fingerprint density at radius 3 is 2.55 bits per heavy atom. The number of aliphatic hydroxyl groups excluding tert-OH is 1. The second-order valence-corrected chi connectivity index (χ2v) is 5.55. The van der Waals surface area contributed by atoms with Crippen LogP contribution in [0.5, 0.6) is 5.75 Å². The number of benzene rings is 2. The first-order valence-corrected chi connectivity index (χ1v) is 7.12. The summed E-state index contributed by atoms with van der Waals surface area (Å²) in [5, 5.41) is 10.8. The van der Waals surface area contributed by atoms with Crippen LogP contribution in [-0.4, -0.2) is 12.2 Å². The molecule has 1 aliphatic rings. The van der Waals surface area contributed by atoms with E-state index in [0.717, 1.165) is 22.4 Å². The summed E-state index contributed by atoms with van der Waals surface area (Å²) in [5.74, 6) is 1.37. The van der Waals surface area contributed by atoms with Crippen LogP contribution in [0.2, 0.25) is 0 Å². The highest BCUT2D eigenvalue weighted by Crippen LogP contribution is 2.44. The fraction of sp³-hybridized carbons (Fsp3) is 0.333. The van der Waals surface area contributed by atoms with Crippen LogP contribution in [0.1, 0.15) is 47.1 Å². The number of hydrogen-bond donors (Lipinski definition) is 1. The van der Waals surface area contributed by atoms with Crippen LogP contribution in [0.25, 0.3) is 0 Å². The van der Waals surface area contributed by atoms with Gasteiger partial charge >= 0.3 is 0 Å². The van der Waals surface area contributed by atoms with E-state index in [4.69, 9.17) is 4.74 Å². The Morgan fingerprint density at radius 1 is 1.10 bits per heavy atom. The summed E-state index contributed by atoms with van der Waals surface area (Å²) in [6.45, 7) is 2.03. The lowest BCUT2D eigenvalue weighted by atomic mass is 9.93. The van der Waals surface area contributed by atoms with Gasteiger partial charge in [0.15, 0.2) is 0 Å². The minimum absolute atomic E-state index is 0.622. The Bertz CT molecular complexity index is 615. The normalized spacial score (nSPS) is 15.9. The molecule has 0 radical (unpaired) electrons. The summed E-state index contributed by atoms with van der Waals surface area (Å²) in [5.41, 5.74) is 4.27. The molecule has 1 N–H and O–H groups in total. The van der Waals surface area contributed by atoms with E-state index in [2.05, 4.69) is 12.1 Å². The molecule has 2 aromatic carbocycles. The zero-order chi connectivity index (χ0) is 14.1. The summed E-state index contributed by atoms with van der Waals surface area (Å²) in [7, 11) is 1.65. The number of ether oxygens (including phenoxy) is 1. The lowest BCUT2D eigenvalue weighted by Crippen LogP contribution is -2.05. The summed E-state index contributed by atoms with van der Waals surface area (Å²) >= 11 is 0. The molecule has 1 unspecified atom stereocenters. The molecule has 2 nitrogen and oxygen atoms in total. The maximum Gasteiger partial charge on any atom is 0.125 e. The molecule has 0 amide bonds. The van der Waals surface area contributed by atoms with E-state index in [1.54, 1.807) is 7.11 Å². The van der Waals surface area contributed by atoms with Crippen molar-refractivity contribution in [1.82, 2.24) is 0 Å². The third-order valence-corrected chi connectivity index (χ3v) is 3.99. The van der Waals surface area contributed by atoms with E-state index in [9.17, 15) is 5.11 Å². The van der Waals surface area contributed by atoms with Crippen LogP contribution in [0, 0.1) is 6.92 Å². The fourth-order valence-corrected chi connectivity index (χ4v) is 2.76. The number of hydrogen-bond acceptors (Lipinski definition) is 2. The van der Waals surface area contributed by atoms with Gasteiger partial charge in [0.2, 0.25) is 0 Å². The van der Waals surface area contributed by atoms with E-state index in [1.807, 2.05) is 37.3 Å². The Labute approximate surface area is 120 Å². The van der Waals surface area contributed by atoms with Gasteiger partial charge in [-0.1, -0.05) is 35.9 Å². The highest BCUT2D eigenvalue weighted by molar-refractivity contribution is 5.46. The zero-order valence-electron chi connectivity index (χ0n) is 12.0. The van der Waals surface area contributed by atoms with E-state index in [0.29, 0.717) is 5.92 Å². The second kappa shape index (κ2) is 5.29. The zero-order valence-corrected chi connectivity index (χ0v) is 12.0. The molecule has 1 saturated carbocycles. The topological polar surface area (TPSA) is 29.5 Å². The Balaban J connectivity index is 2.04. The van der Waals surface area contributed by atoms with Crippen molar-refractivity contribution in [2.24, 2.45) is 0 Å². The van der Waals surface area contributed by atoms with Gasteiger partial charge in [0.1, 0.15) is 11.9 Å². The average Bonchev–Trinajstić information content (AvgIpc) is 3.31. The summed E-state index contributed by atoms with van der Waals surface area (Å²) in [6, 6.07) is 14.1. The van der Waals surface area contributed by atoms with Crippen molar-refractivity contribution >= 4 is 0 Å². The van der Waals surface area contributed by atoms with Gasteiger partial charge in [-0.15, -0.1) is 0 Å². The molecule has 0 bridgehead atoms. The van der Waals surface area contributed by atoms with Crippen LogP contribution in [0.15, 0.2) is 42.5 Å². The minimum atomic E-state index is -0.623. The van der Waals surface area contributed by atoms with Crippen molar-refractivity contribution in [3.8, 4) is 5.75 Å².